The number of carbonyl (C=O) groups is 1. The molecule has 0 aliphatic carbocycles. The minimum Gasteiger partial charge on any atom is -0.478 e. The number of nitrogens with zero attached hydrogens (tertiary/aromatic N) is 3. The molecule has 4 rings (SSSR count). The summed E-state index contributed by atoms with van der Waals surface area (Å²) in [6.07, 6.45) is 1.02. The van der Waals surface area contributed by atoms with Crippen molar-refractivity contribution >= 4 is 5.97 Å². The van der Waals surface area contributed by atoms with Crippen molar-refractivity contribution in [1.29, 1.82) is 0 Å². The first-order valence-corrected chi connectivity index (χ1v) is 9.04. The molecular weight excluding hydrogens is 342 g/mol. The summed E-state index contributed by atoms with van der Waals surface area (Å²) in [4.78, 5) is 18.1. The summed E-state index contributed by atoms with van der Waals surface area (Å²) in [6, 6.07) is 15.2. The number of rotatable bonds is 5. The minimum absolute atomic E-state index is 0.299. The molecule has 0 radical (unpaired) electrons. The third kappa shape index (κ3) is 3.75. The van der Waals surface area contributed by atoms with Gasteiger partial charge in [0, 0.05) is 13.1 Å². The van der Waals surface area contributed by atoms with Crippen LogP contribution in [0.4, 0.5) is 0 Å². The largest absolute Gasteiger partial charge is 0.478 e. The normalized spacial score (nSPS) is 17.3. The summed E-state index contributed by atoms with van der Waals surface area (Å²) in [5.74, 6) is 0.804. The molecule has 2 aromatic carbocycles. The second-order valence-electron chi connectivity index (χ2n) is 6.95. The maximum atomic E-state index is 11.4. The Bertz CT molecular complexity index is 949. The first kappa shape index (κ1) is 17.4. The van der Waals surface area contributed by atoms with Crippen molar-refractivity contribution in [2.45, 2.75) is 25.8 Å². The summed E-state index contributed by atoms with van der Waals surface area (Å²) in [7, 11) is 0. The SMILES string of the molecule is Cc1noc(C2CCN(Cc3ccc(-c4ccccc4C(=O)O)cc3)C2)n1. The summed E-state index contributed by atoms with van der Waals surface area (Å²) >= 11 is 0. The van der Waals surface area contributed by atoms with Crippen molar-refractivity contribution in [3.8, 4) is 11.1 Å². The van der Waals surface area contributed by atoms with Gasteiger partial charge >= 0.3 is 5.97 Å². The quantitative estimate of drug-likeness (QED) is 0.744. The first-order valence-electron chi connectivity index (χ1n) is 9.04. The van der Waals surface area contributed by atoms with Crippen LogP contribution in [0.3, 0.4) is 0 Å². The van der Waals surface area contributed by atoms with Crippen molar-refractivity contribution in [2.75, 3.05) is 13.1 Å². The lowest BCUT2D eigenvalue weighted by Gasteiger charge is -2.15. The lowest BCUT2D eigenvalue weighted by Crippen LogP contribution is -2.19. The number of likely N-dealkylation sites (tertiary alicyclic amines) is 1. The van der Waals surface area contributed by atoms with Gasteiger partial charge in [-0.1, -0.05) is 47.6 Å². The summed E-state index contributed by atoms with van der Waals surface area (Å²) < 4.78 is 5.31. The Balaban J connectivity index is 1.44. The molecule has 0 saturated carbocycles. The van der Waals surface area contributed by atoms with Crippen molar-refractivity contribution in [3.63, 3.8) is 0 Å². The van der Waals surface area contributed by atoms with Crippen LogP contribution in [0, 0.1) is 6.92 Å². The molecule has 1 unspecified atom stereocenters. The summed E-state index contributed by atoms with van der Waals surface area (Å²) in [5, 5.41) is 13.2. The molecule has 1 aromatic heterocycles. The van der Waals surface area contributed by atoms with Crippen LogP contribution >= 0.6 is 0 Å². The fourth-order valence-corrected chi connectivity index (χ4v) is 3.63. The maximum Gasteiger partial charge on any atom is 0.336 e. The van der Waals surface area contributed by atoms with Crippen molar-refractivity contribution in [3.05, 3.63) is 71.4 Å². The Hall–Kier alpha value is -2.99. The van der Waals surface area contributed by atoms with E-state index >= 15 is 0 Å². The highest BCUT2D eigenvalue weighted by Gasteiger charge is 2.28. The van der Waals surface area contributed by atoms with E-state index in [9.17, 15) is 9.90 Å². The molecular formula is C21H21N3O3. The molecule has 0 amide bonds. The van der Waals surface area contributed by atoms with E-state index in [1.54, 1.807) is 12.1 Å². The van der Waals surface area contributed by atoms with Crippen LogP contribution in [0.15, 0.2) is 53.1 Å². The molecule has 0 spiro atoms. The van der Waals surface area contributed by atoms with E-state index in [0.29, 0.717) is 17.3 Å². The van der Waals surface area contributed by atoms with Gasteiger partial charge in [-0.05, 0) is 42.6 Å². The Morgan fingerprint density at radius 2 is 2.00 bits per heavy atom. The summed E-state index contributed by atoms with van der Waals surface area (Å²) in [5.41, 5.74) is 3.18. The molecule has 1 N–H and O–H groups in total. The number of aromatic carboxylic acids is 1. The molecule has 138 valence electrons. The fraction of sp³-hybridized carbons (Fsp3) is 0.286. The Labute approximate surface area is 157 Å². The van der Waals surface area contributed by atoms with Gasteiger partial charge in [0.1, 0.15) is 0 Å². The molecule has 6 nitrogen and oxygen atoms in total. The van der Waals surface area contributed by atoms with Crippen LogP contribution in [0.25, 0.3) is 11.1 Å². The number of carboxylic acid groups (broad SMARTS) is 1. The zero-order valence-electron chi connectivity index (χ0n) is 15.1. The highest BCUT2D eigenvalue weighted by atomic mass is 16.5. The Morgan fingerprint density at radius 3 is 2.70 bits per heavy atom. The predicted octanol–water partition coefficient (Wildman–Crippen LogP) is 3.73. The summed E-state index contributed by atoms with van der Waals surface area (Å²) in [6.45, 7) is 4.59. The van der Waals surface area contributed by atoms with Crippen LogP contribution in [-0.2, 0) is 6.54 Å². The van der Waals surface area contributed by atoms with Crippen LogP contribution in [-0.4, -0.2) is 39.2 Å². The van der Waals surface area contributed by atoms with Crippen molar-refractivity contribution in [1.82, 2.24) is 15.0 Å². The van der Waals surface area contributed by atoms with Gasteiger partial charge in [-0.15, -0.1) is 0 Å². The smallest absolute Gasteiger partial charge is 0.336 e. The van der Waals surface area contributed by atoms with Gasteiger partial charge in [-0.25, -0.2) is 4.79 Å². The number of carboxylic acids is 1. The van der Waals surface area contributed by atoms with Gasteiger partial charge in [0.15, 0.2) is 5.82 Å². The van der Waals surface area contributed by atoms with Crippen LogP contribution in [0.2, 0.25) is 0 Å². The molecule has 2 heterocycles. The lowest BCUT2D eigenvalue weighted by atomic mass is 9.98. The molecule has 0 bridgehead atoms. The molecule has 1 saturated heterocycles. The van der Waals surface area contributed by atoms with Gasteiger partial charge < -0.3 is 9.63 Å². The van der Waals surface area contributed by atoms with Gasteiger partial charge in [-0.2, -0.15) is 4.98 Å². The van der Waals surface area contributed by atoms with E-state index < -0.39 is 5.97 Å². The van der Waals surface area contributed by atoms with E-state index in [4.69, 9.17) is 4.52 Å². The second kappa shape index (κ2) is 7.32. The van der Waals surface area contributed by atoms with Gasteiger partial charge in [0.05, 0.1) is 11.5 Å². The average molecular weight is 363 g/mol. The van der Waals surface area contributed by atoms with Gasteiger partial charge in [0.2, 0.25) is 5.89 Å². The van der Waals surface area contributed by atoms with Crippen LogP contribution in [0.1, 0.15) is 40.0 Å². The predicted molar refractivity (Wildman–Crippen MR) is 101 cm³/mol. The molecule has 1 fully saturated rings. The van der Waals surface area contributed by atoms with E-state index in [0.717, 1.165) is 43.1 Å². The third-order valence-corrected chi connectivity index (χ3v) is 4.99. The molecule has 3 aromatic rings. The third-order valence-electron chi connectivity index (χ3n) is 4.99. The Morgan fingerprint density at radius 1 is 1.22 bits per heavy atom. The van der Waals surface area contributed by atoms with Crippen molar-refractivity contribution < 1.29 is 14.4 Å². The van der Waals surface area contributed by atoms with Gasteiger partial charge in [-0.3, -0.25) is 4.90 Å². The maximum absolute atomic E-state index is 11.4. The standard InChI is InChI=1S/C21H21N3O3/c1-14-22-20(27-23-14)17-10-11-24(13-17)12-15-6-8-16(9-7-15)18-4-2-3-5-19(18)21(25)26/h2-9,17H,10-13H2,1H3,(H,25,26). The molecule has 1 aliphatic rings. The first-order chi connectivity index (χ1) is 13.1. The lowest BCUT2D eigenvalue weighted by molar-refractivity contribution is 0.0697. The van der Waals surface area contributed by atoms with E-state index in [1.807, 2.05) is 31.2 Å². The van der Waals surface area contributed by atoms with Crippen LogP contribution in [0.5, 0.6) is 0 Å². The van der Waals surface area contributed by atoms with Crippen molar-refractivity contribution in [2.24, 2.45) is 0 Å². The number of aromatic nitrogens is 2. The Kier molecular flexibility index (Phi) is 4.73. The van der Waals surface area contributed by atoms with E-state index in [-0.39, 0.29) is 0 Å². The zero-order chi connectivity index (χ0) is 18.8. The van der Waals surface area contributed by atoms with Gasteiger partial charge in [0.25, 0.3) is 0 Å². The van der Waals surface area contributed by atoms with E-state index in [2.05, 4.69) is 27.2 Å². The zero-order valence-corrected chi connectivity index (χ0v) is 15.1. The topological polar surface area (TPSA) is 79.5 Å². The fourth-order valence-electron chi connectivity index (χ4n) is 3.63. The molecule has 1 aliphatic heterocycles. The monoisotopic (exact) mass is 363 g/mol. The highest BCUT2D eigenvalue weighted by Crippen LogP contribution is 2.28. The molecule has 27 heavy (non-hydrogen) atoms. The minimum atomic E-state index is -0.908. The number of hydrogen-bond acceptors (Lipinski definition) is 5. The molecule has 6 heteroatoms. The van der Waals surface area contributed by atoms with Crippen LogP contribution < -0.4 is 0 Å². The number of benzene rings is 2. The number of aryl methyl sites for hydroxylation is 1. The average Bonchev–Trinajstić information content (AvgIpc) is 3.31. The molecule has 1 atom stereocenters. The van der Waals surface area contributed by atoms with E-state index in [1.165, 1.54) is 5.56 Å². The second-order valence-corrected chi connectivity index (χ2v) is 6.95. The number of hydrogen-bond donors (Lipinski definition) is 1. The highest BCUT2D eigenvalue weighted by molar-refractivity contribution is 5.95.